The number of thiazole rings is 1. The minimum absolute atomic E-state index is 0.00159. The lowest BCUT2D eigenvalue weighted by molar-refractivity contribution is -0.696. The monoisotopic (exact) mass is 1080 g/mol. The van der Waals surface area contributed by atoms with Crippen molar-refractivity contribution < 1.29 is 70.3 Å². The van der Waals surface area contributed by atoms with Gasteiger partial charge >= 0.3 is 20.0 Å². The van der Waals surface area contributed by atoms with E-state index in [4.69, 9.17) is 36.6 Å². The lowest BCUT2D eigenvalue weighted by Gasteiger charge is -2.49. The summed E-state index contributed by atoms with van der Waals surface area (Å²) in [6, 6.07) is 18.8. The summed E-state index contributed by atoms with van der Waals surface area (Å²) in [5, 5.41) is 7.50. The molecule has 396 valence electrons. The highest BCUT2D eigenvalue weighted by molar-refractivity contribution is 7.86. The van der Waals surface area contributed by atoms with Crippen LogP contribution in [-0.4, -0.2) is 107 Å². The fourth-order valence-electron chi connectivity index (χ4n) is 8.54. The van der Waals surface area contributed by atoms with Gasteiger partial charge < -0.3 is 43.4 Å². The molecule has 23 heteroatoms. The Bertz CT molecular complexity index is 3160. The van der Waals surface area contributed by atoms with Crippen LogP contribution in [0.15, 0.2) is 101 Å². The third-order valence-corrected chi connectivity index (χ3v) is 14.8. The molecule has 5 aromatic rings. The molecule has 3 atom stereocenters. The number of benzene rings is 3. The first-order valence-electron chi connectivity index (χ1n) is 23.9. The molecule has 3 aromatic carbocycles. The molecular formula is C53H55BFN6O13S2+. The van der Waals surface area contributed by atoms with Gasteiger partial charge in [0.1, 0.15) is 58.8 Å². The van der Waals surface area contributed by atoms with Crippen molar-refractivity contribution in [2.45, 2.75) is 96.8 Å². The van der Waals surface area contributed by atoms with Gasteiger partial charge in [-0.15, -0.1) is 11.3 Å². The van der Waals surface area contributed by atoms with Crippen molar-refractivity contribution in [3.8, 4) is 23.0 Å². The van der Waals surface area contributed by atoms with Gasteiger partial charge in [0.05, 0.1) is 35.8 Å². The average molecular weight is 1080 g/mol. The first-order valence-corrected chi connectivity index (χ1v) is 26.2. The molecule has 8 rings (SSSR count). The van der Waals surface area contributed by atoms with E-state index in [2.05, 4.69) is 20.1 Å². The number of methoxy groups -OCH3 is 2. The van der Waals surface area contributed by atoms with E-state index in [1.165, 1.54) is 36.2 Å². The molecule has 3 aliphatic rings. The van der Waals surface area contributed by atoms with E-state index in [-0.39, 0.29) is 71.8 Å². The maximum Gasteiger partial charge on any atom is 0.378 e. The number of aromatic nitrogens is 2. The van der Waals surface area contributed by atoms with Crippen molar-refractivity contribution in [2.24, 2.45) is 5.16 Å². The van der Waals surface area contributed by atoms with Gasteiger partial charge in [-0.2, -0.15) is 4.57 Å². The number of nitrogens with one attached hydrogen (secondary N) is 1. The lowest BCUT2D eigenvalue weighted by atomic mass is 10.0. The van der Waals surface area contributed by atoms with Crippen LogP contribution in [0.2, 0.25) is 0 Å². The number of pyridine rings is 1. The van der Waals surface area contributed by atoms with Crippen molar-refractivity contribution in [2.75, 3.05) is 31.4 Å². The SMILES string of the molecule is [B]OC(=O)C1=C(C[n+]2cccc3c2CCCN3C(=O)c2cc(F)c(OCc3ccc(OC)cc3)c(OCc3ccc(OC)cc3)c2)CS(=O)[C@@H]2[C@H](NC(=O)/C(=N\OC(C)(C)C(=O)OC(C)(C)C)c3csc(C)n3)C(=O)N12. The Morgan fingerprint density at radius 1 is 0.961 bits per heavy atom. The standard InChI is InChI=1S/C53H54BFN6O13S2/c1-30-56-38(28-75-30)42(58-74-53(5,6)51(66)72-52(2,3)4)46(62)57-43-48(64)61-44(50(65)73-54)34(29-76(67)49(43)61)25-59-21-9-12-40-39(59)11-10-22-60(40)47(63)33-23-37(55)45(71-27-32-15-19-36(69-8)20-16-32)41(24-33)70-26-31-13-17-35(68-7)18-14-31/h9,12-21,23-24,28,43,49H,10-11,22,25-27,29H2,1-8H3/p+1/b58-42-/t43-,49-,76?/m1/s1. The third-order valence-electron chi connectivity index (χ3n) is 12.3. The molecule has 3 aliphatic heterocycles. The molecule has 76 heavy (non-hydrogen) atoms. The molecule has 3 amide bonds. The average Bonchev–Trinajstić information content (AvgIpc) is 3.83. The van der Waals surface area contributed by atoms with Crippen LogP contribution in [0.25, 0.3) is 0 Å². The summed E-state index contributed by atoms with van der Waals surface area (Å²) in [6.07, 6.45) is 2.67. The summed E-state index contributed by atoms with van der Waals surface area (Å²) in [6.45, 7) is 9.77. The van der Waals surface area contributed by atoms with Crippen LogP contribution < -0.4 is 33.7 Å². The molecule has 1 fully saturated rings. The molecule has 1 saturated heterocycles. The first-order chi connectivity index (χ1) is 36.2. The smallest absolute Gasteiger partial charge is 0.378 e. The Labute approximate surface area is 445 Å². The van der Waals surface area contributed by atoms with Gasteiger partial charge in [-0.3, -0.25) is 23.5 Å². The Morgan fingerprint density at radius 3 is 2.22 bits per heavy atom. The summed E-state index contributed by atoms with van der Waals surface area (Å²) < 4.78 is 65.1. The normalized spacial score (nSPS) is 17.4. The fourth-order valence-corrected chi connectivity index (χ4v) is 10.8. The molecule has 2 aromatic heterocycles. The Kier molecular flexibility index (Phi) is 16.3. The molecule has 0 saturated carbocycles. The van der Waals surface area contributed by atoms with Gasteiger partial charge in [0.15, 0.2) is 35.8 Å². The molecule has 0 spiro atoms. The second-order valence-corrected chi connectivity index (χ2v) is 21.9. The summed E-state index contributed by atoms with van der Waals surface area (Å²) >= 11 is 1.21. The van der Waals surface area contributed by atoms with Gasteiger partial charge in [-0.05, 0) is 102 Å². The van der Waals surface area contributed by atoms with Crippen LogP contribution >= 0.6 is 11.3 Å². The zero-order valence-corrected chi connectivity index (χ0v) is 44.6. The Hall–Kier alpha value is -7.66. The summed E-state index contributed by atoms with van der Waals surface area (Å²) in [5.41, 5.74) is -0.194. The van der Waals surface area contributed by atoms with E-state index < -0.39 is 68.9 Å². The van der Waals surface area contributed by atoms with Gasteiger partial charge in [0, 0.05) is 35.5 Å². The minimum atomic E-state index is -1.91. The zero-order chi connectivity index (χ0) is 54.6. The maximum absolute atomic E-state index is 16.3. The number of ether oxygens (including phenoxy) is 5. The highest BCUT2D eigenvalue weighted by Crippen LogP contribution is 2.38. The number of aryl methyl sites for hydroxylation is 1. The van der Waals surface area contributed by atoms with Gasteiger partial charge in [0.2, 0.25) is 11.3 Å². The minimum Gasteiger partial charge on any atom is -0.539 e. The van der Waals surface area contributed by atoms with Crippen LogP contribution in [0.4, 0.5) is 10.1 Å². The molecule has 2 radical (unpaired) electrons. The number of oxime groups is 1. The van der Waals surface area contributed by atoms with E-state index in [9.17, 15) is 28.2 Å². The molecule has 19 nitrogen and oxygen atoms in total. The number of hydrogen-bond donors (Lipinski definition) is 1. The van der Waals surface area contributed by atoms with E-state index in [0.29, 0.717) is 40.7 Å². The predicted molar refractivity (Wildman–Crippen MR) is 277 cm³/mol. The third kappa shape index (κ3) is 11.9. The van der Waals surface area contributed by atoms with Gasteiger partial charge in [-0.25, -0.2) is 19.0 Å². The topological polar surface area (TPSA) is 215 Å². The Balaban J connectivity index is 1.04. The van der Waals surface area contributed by atoms with Crippen LogP contribution in [0.1, 0.15) is 78.9 Å². The van der Waals surface area contributed by atoms with Crippen molar-refractivity contribution in [3.05, 3.63) is 135 Å². The zero-order valence-electron chi connectivity index (χ0n) is 43.0. The molecule has 1 N–H and O–H groups in total. The number of rotatable bonds is 18. The molecule has 0 aliphatic carbocycles. The highest BCUT2D eigenvalue weighted by Gasteiger charge is 2.58. The number of carbonyl (C=O) groups is 5. The van der Waals surface area contributed by atoms with Crippen LogP contribution in [0, 0.1) is 12.7 Å². The van der Waals surface area contributed by atoms with Crippen molar-refractivity contribution in [1.29, 1.82) is 0 Å². The number of halogens is 1. The van der Waals surface area contributed by atoms with Crippen molar-refractivity contribution in [3.63, 3.8) is 0 Å². The summed E-state index contributed by atoms with van der Waals surface area (Å²) in [5.74, 6) is -4.05. The van der Waals surface area contributed by atoms with Crippen molar-refractivity contribution >= 4 is 71.2 Å². The summed E-state index contributed by atoms with van der Waals surface area (Å²) in [7, 11) is 6.63. The van der Waals surface area contributed by atoms with Gasteiger partial charge in [-0.1, -0.05) is 29.4 Å². The summed E-state index contributed by atoms with van der Waals surface area (Å²) in [4.78, 5) is 81.6. The number of β-lactam (4-membered cyclic amide) rings is 1. The van der Waals surface area contributed by atoms with Crippen LogP contribution in [-0.2, 0) is 70.4 Å². The maximum atomic E-state index is 16.3. The number of hydrogen-bond acceptors (Lipinski definition) is 16. The highest BCUT2D eigenvalue weighted by atomic mass is 32.2. The molecule has 1 unspecified atom stereocenters. The molecule has 0 bridgehead atoms. The van der Waals surface area contributed by atoms with E-state index in [1.54, 1.807) is 119 Å². The number of amides is 3. The first kappa shape index (κ1) is 54.6. The number of carbonyl (C=O) groups excluding carboxylic acids is 5. The largest absolute Gasteiger partial charge is 0.539 e. The van der Waals surface area contributed by atoms with Crippen LogP contribution in [0.3, 0.4) is 0 Å². The van der Waals surface area contributed by atoms with E-state index in [1.807, 2.05) is 0 Å². The molecular weight excluding hydrogens is 1020 g/mol. The number of anilines is 1. The van der Waals surface area contributed by atoms with Gasteiger partial charge in [0.25, 0.3) is 17.7 Å². The predicted octanol–water partition coefficient (Wildman–Crippen LogP) is 5.48. The lowest BCUT2D eigenvalue weighted by Crippen LogP contribution is -2.74. The molecule has 5 heterocycles. The van der Waals surface area contributed by atoms with E-state index >= 15 is 4.39 Å². The fraction of sp³-hybridized carbons (Fsp3) is 0.358. The van der Waals surface area contributed by atoms with E-state index in [0.717, 1.165) is 22.1 Å². The number of fused-ring (bicyclic) bond motifs is 2. The number of nitrogens with zero attached hydrogens (tertiary/aromatic N) is 5. The number of esters is 1. The van der Waals surface area contributed by atoms with Crippen LogP contribution in [0.5, 0.6) is 23.0 Å². The quantitative estimate of drug-likeness (QED) is 0.0287. The van der Waals surface area contributed by atoms with Crippen molar-refractivity contribution in [1.82, 2.24) is 15.2 Å². The Morgan fingerprint density at radius 2 is 1.62 bits per heavy atom. The second-order valence-electron chi connectivity index (χ2n) is 19.3. The second kappa shape index (κ2) is 22.7.